The highest BCUT2D eigenvalue weighted by Gasteiger charge is 2.33. The molecule has 7 heteroatoms. The Balaban J connectivity index is 1.71. The van der Waals surface area contributed by atoms with Crippen molar-refractivity contribution in [1.29, 1.82) is 5.26 Å². The second-order valence-corrected chi connectivity index (χ2v) is 6.45. The molecule has 1 saturated heterocycles. The molecular weight excluding hydrogens is 324 g/mol. The number of nitrogens with zero attached hydrogens (tertiary/aromatic N) is 3. The number of aromatic nitrogens is 1. The van der Waals surface area contributed by atoms with Crippen molar-refractivity contribution in [1.82, 2.24) is 9.88 Å². The van der Waals surface area contributed by atoms with Crippen LogP contribution in [0.15, 0.2) is 35.8 Å². The van der Waals surface area contributed by atoms with Crippen LogP contribution in [0, 0.1) is 11.3 Å². The monoisotopic (exact) mass is 340 g/mol. The van der Waals surface area contributed by atoms with Crippen molar-refractivity contribution in [3.05, 3.63) is 46.4 Å². The Morgan fingerprint density at radius 3 is 2.75 bits per heavy atom. The van der Waals surface area contributed by atoms with Gasteiger partial charge in [0.05, 0.1) is 17.7 Å². The molecule has 1 N–H and O–H groups in total. The molecule has 1 aliphatic rings. The number of piperidine rings is 1. The van der Waals surface area contributed by atoms with E-state index in [1.807, 2.05) is 11.4 Å². The van der Waals surface area contributed by atoms with Crippen LogP contribution in [0.25, 0.3) is 0 Å². The van der Waals surface area contributed by atoms with Crippen molar-refractivity contribution in [2.24, 2.45) is 0 Å². The summed E-state index contributed by atoms with van der Waals surface area (Å²) in [5, 5.41) is 14.1. The molecule has 3 rings (SSSR count). The first-order valence-electron chi connectivity index (χ1n) is 7.70. The Bertz CT molecular complexity index is 765. The van der Waals surface area contributed by atoms with Crippen molar-refractivity contribution in [2.45, 2.75) is 25.3 Å². The highest BCUT2D eigenvalue weighted by Crippen LogP contribution is 2.32. The van der Waals surface area contributed by atoms with E-state index >= 15 is 0 Å². The van der Waals surface area contributed by atoms with Crippen LogP contribution in [-0.4, -0.2) is 28.2 Å². The number of amides is 2. The molecule has 24 heavy (non-hydrogen) atoms. The summed E-state index contributed by atoms with van der Waals surface area (Å²) in [6.07, 6.45) is 4.44. The van der Waals surface area contributed by atoms with Crippen molar-refractivity contribution >= 4 is 28.8 Å². The molecule has 0 saturated carbocycles. The van der Waals surface area contributed by atoms with Crippen LogP contribution in [0.5, 0.6) is 0 Å². The van der Waals surface area contributed by atoms with E-state index in [0.29, 0.717) is 17.8 Å². The maximum Gasteiger partial charge on any atom is 0.313 e. The lowest BCUT2D eigenvalue weighted by Crippen LogP contribution is -2.44. The minimum absolute atomic E-state index is 0.127. The van der Waals surface area contributed by atoms with Crippen LogP contribution >= 0.6 is 11.3 Å². The van der Waals surface area contributed by atoms with Gasteiger partial charge in [-0.15, -0.1) is 11.3 Å². The van der Waals surface area contributed by atoms with Gasteiger partial charge < -0.3 is 10.2 Å². The van der Waals surface area contributed by atoms with Crippen molar-refractivity contribution < 1.29 is 9.59 Å². The summed E-state index contributed by atoms with van der Waals surface area (Å²) in [5.41, 5.74) is 0.995. The molecule has 122 valence electrons. The third kappa shape index (κ3) is 3.44. The predicted octanol–water partition coefficient (Wildman–Crippen LogP) is 2.71. The van der Waals surface area contributed by atoms with Crippen LogP contribution in [0.1, 0.15) is 35.9 Å². The summed E-state index contributed by atoms with van der Waals surface area (Å²) in [4.78, 5) is 30.8. The van der Waals surface area contributed by atoms with Gasteiger partial charge in [-0.2, -0.15) is 5.26 Å². The van der Waals surface area contributed by atoms with Gasteiger partial charge in [-0.05, 0) is 43.5 Å². The van der Waals surface area contributed by atoms with Crippen molar-refractivity contribution in [2.75, 3.05) is 11.9 Å². The fourth-order valence-corrected chi connectivity index (χ4v) is 3.56. The van der Waals surface area contributed by atoms with E-state index in [4.69, 9.17) is 5.26 Å². The average molecular weight is 340 g/mol. The number of thiazole rings is 1. The van der Waals surface area contributed by atoms with E-state index in [1.54, 1.807) is 35.4 Å². The molecular formula is C17H16N4O2S. The van der Waals surface area contributed by atoms with E-state index < -0.39 is 11.8 Å². The fraction of sp³-hybridized carbons (Fsp3) is 0.294. The Morgan fingerprint density at radius 1 is 1.29 bits per heavy atom. The lowest BCUT2D eigenvalue weighted by Gasteiger charge is -2.33. The van der Waals surface area contributed by atoms with Crippen LogP contribution < -0.4 is 5.32 Å². The zero-order valence-corrected chi connectivity index (χ0v) is 13.8. The van der Waals surface area contributed by atoms with E-state index in [2.05, 4.69) is 10.3 Å². The van der Waals surface area contributed by atoms with Crippen LogP contribution in [0.3, 0.4) is 0 Å². The zero-order chi connectivity index (χ0) is 16.9. The number of anilines is 1. The number of rotatable bonds is 2. The van der Waals surface area contributed by atoms with Crippen molar-refractivity contribution in [3.63, 3.8) is 0 Å². The van der Waals surface area contributed by atoms with E-state index in [0.717, 1.165) is 24.3 Å². The highest BCUT2D eigenvalue weighted by molar-refractivity contribution is 7.09. The first-order valence-corrected chi connectivity index (χ1v) is 8.58. The molecule has 2 amide bonds. The molecule has 1 aliphatic heterocycles. The van der Waals surface area contributed by atoms with Crippen LogP contribution in [-0.2, 0) is 9.59 Å². The summed E-state index contributed by atoms with van der Waals surface area (Å²) in [6, 6.07) is 8.29. The largest absolute Gasteiger partial charge is 0.325 e. The van der Waals surface area contributed by atoms with Gasteiger partial charge >= 0.3 is 11.8 Å². The Hall–Kier alpha value is -2.72. The average Bonchev–Trinajstić information content (AvgIpc) is 3.16. The summed E-state index contributed by atoms with van der Waals surface area (Å²) in [6.45, 7) is 0.559. The molecule has 6 nitrogen and oxygen atoms in total. The SMILES string of the molecule is N#Cc1ccc(NC(=O)C(=O)N2CCCCC2c2nccs2)cc1. The Kier molecular flexibility index (Phi) is 4.87. The molecule has 0 spiro atoms. The van der Waals surface area contributed by atoms with Crippen LogP contribution in [0.4, 0.5) is 5.69 Å². The van der Waals surface area contributed by atoms with Gasteiger partial charge in [-0.25, -0.2) is 4.98 Å². The zero-order valence-electron chi connectivity index (χ0n) is 12.9. The second-order valence-electron chi connectivity index (χ2n) is 5.52. The number of benzene rings is 1. The molecule has 1 fully saturated rings. The van der Waals surface area contributed by atoms with Gasteiger partial charge in [0.15, 0.2) is 0 Å². The summed E-state index contributed by atoms with van der Waals surface area (Å²) in [5.74, 6) is -1.21. The number of hydrogen-bond acceptors (Lipinski definition) is 5. The number of carbonyl (C=O) groups excluding carboxylic acids is 2. The molecule has 0 bridgehead atoms. The smallest absolute Gasteiger partial charge is 0.313 e. The van der Waals surface area contributed by atoms with E-state index in [9.17, 15) is 9.59 Å². The normalized spacial score (nSPS) is 17.1. The third-order valence-electron chi connectivity index (χ3n) is 3.97. The molecule has 0 aliphatic carbocycles. The van der Waals surface area contributed by atoms with Gasteiger partial charge in [-0.3, -0.25) is 9.59 Å². The topological polar surface area (TPSA) is 86.1 Å². The number of nitriles is 1. The minimum Gasteiger partial charge on any atom is -0.325 e. The quantitative estimate of drug-likeness (QED) is 0.852. The fourth-order valence-electron chi connectivity index (χ4n) is 2.77. The number of nitrogens with one attached hydrogen (secondary N) is 1. The summed E-state index contributed by atoms with van der Waals surface area (Å²) < 4.78 is 0. The summed E-state index contributed by atoms with van der Waals surface area (Å²) >= 11 is 1.50. The predicted molar refractivity (Wildman–Crippen MR) is 90.2 cm³/mol. The van der Waals surface area contributed by atoms with Crippen molar-refractivity contribution in [3.8, 4) is 6.07 Å². The molecule has 1 aromatic carbocycles. The first-order chi connectivity index (χ1) is 11.7. The standard InChI is InChI=1S/C17H16N4O2S/c18-11-12-4-6-13(7-5-12)20-15(22)17(23)21-9-2-1-3-14(21)16-19-8-10-24-16/h4-8,10,14H,1-3,9H2,(H,20,22). The van der Waals surface area contributed by atoms with E-state index in [1.165, 1.54) is 11.3 Å². The molecule has 2 aromatic rings. The van der Waals surface area contributed by atoms with Gasteiger partial charge in [0.25, 0.3) is 0 Å². The lowest BCUT2D eigenvalue weighted by atomic mass is 10.0. The van der Waals surface area contributed by atoms with Gasteiger partial charge in [-0.1, -0.05) is 0 Å². The minimum atomic E-state index is -0.664. The molecule has 1 aromatic heterocycles. The third-order valence-corrected chi connectivity index (χ3v) is 4.84. The molecule has 0 radical (unpaired) electrons. The Labute approximate surface area is 143 Å². The Morgan fingerprint density at radius 2 is 2.08 bits per heavy atom. The number of hydrogen-bond donors (Lipinski definition) is 1. The first kappa shape index (κ1) is 16.1. The second kappa shape index (κ2) is 7.23. The van der Waals surface area contributed by atoms with Crippen LogP contribution in [0.2, 0.25) is 0 Å². The molecule has 1 unspecified atom stereocenters. The number of likely N-dealkylation sites (tertiary alicyclic amines) is 1. The van der Waals surface area contributed by atoms with Gasteiger partial charge in [0.1, 0.15) is 5.01 Å². The summed E-state index contributed by atoms with van der Waals surface area (Å²) in [7, 11) is 0. The maximum absolute atomic E-state index is 12.6. The molecule has 2 heterocycles. The maximum atomic E-state index is 12.6. The van der Waals surface area contributed by atoms with E-state index in [-0.39, 0.29) is 6.04 Å². The molecule has 1 atom stereocenters. The lowest BCUT2D eigenvalue weighted by molar-refractivity contribution is -0.145. The van der Waals surface area contributed by atoms with Gasteiger partial charge in [0.2, 0.25) is 0 Å². The number of carbonyl (C=O) groups is 2. The highest BCUT2D eigenvalue weighted by atomic mass is 32.1. The van der Waals surface area contributed by atoms with Gasteiger partial charge in [0, 0.05) is 23.8 Å².